The van der Waals surface area contributed by atoms with Crippen LogP contribution >= 0.6 is 15.9 Å². The average Bonchev–Trinajstić information content (AvgIpc) is 2.62. The average molecular weight is 457 g/mol. The van der Waals surface area contributed by atoms with Crippen molar-refractivity contribution in [3.8, 4) is 5.75 Å². The number of halogens is 2. The van der Waals surface area contributed by atoms with Crippen LogP contribution in [-0.4, -0.2) is 39.8 Å². The van der Waals surface area contributed by atoms with Gasteiger partial charge in [-0.1, -0.05) is 15.9 Å². The molecule has 0 spiro atoms. The summed E-state index contributed by atoms with van der Waals surface area (Å²) in [7, 11) is 0.548. The predicted molar refractivity (Wildman–Crippen MR) is 106 cm³/mol. The molecule has 2 aromatic carbocycles. The van der Waals surface area contributed by atoms with Crippen LogP contribution in [0.5, 0.6) is 5.75 Å². The molecule has 0 bridgehead atoms. The van der Waals surface area contributed by atoms with Gasteiger partial charge in [-0.25, -0.2) is 17.1 Å². The first-order chi connectivity index (χ1) is 12.6. The van der Waals surface area contributed by atoms with Gasteiger partial charge in [0.25, 0.3) is 0 Å². The van der Waals surface area contributed by atoms with Crippen molar-refractivity contribution in [1.82, 2.24) is 4.31 Å². The fraction of sp³-hybridized carbons (Fsp3) is 0.167. The van der Waals surface area contributed by atoms with Gasteiger partial charge in [0.1, 0.15) is 11.6 Å². The van der Waals surface area contributed by atoms with Gasteiger partial charge in [0.2, 0.25) is 15.9 Å². The lowest BCUT2D eigenvalue weighted by atomic mass is 10.2. The molecule has 0 aliphatic heterocycles. The molecule has 0 unspecified atom stereocenters. The second kappa shape index (κ2) is 8.64. The molecule has 6 nitrogen and oxygen atoms in total. The molecule has 0 aliphatic carbocycles. The lowest BCUT2D eigenvalue weighted by molar-refractivity contribution is -0.111. The van der Waals surface area contributed by atoms with Crippen LogP contribution in [-0.2, 0) is 14.8 Å². The summed E-state index contributed by atoms with van der Waals surface area (Å²) in [6.07, 6.45) is 2.47. The van der Waals surface area contributed by atoms with Crippen molar-refractivity contribution < 1.29 is 22.3 Å². The third kappa shape index (κ3) is 5.15. The molecule has 1 N–H and O–H groups in total. The van der Waals surface area contributed by atoms with Crippen molar-refractivity contribution in [2.45, 2.75) is 4.90 Å². The molecule has 144 valence electrons. The Morgan fingerprint density at radius 1 is 1.22 bits per heavy atom. The second-order valence-corrected chi connectivity index (χ2v) is 8.71. The standard InChI is InChI=1S/C18H18BrFN2O4S/c1-22(2)27(24,25)14-6-8-17(26-3)16(11-14)21-18(23)9-4-12-10-13(19)5-7-15(12)20/h4-11H,1-3H3,(H,21,23)/b9-4+. The van der Waals surface area contributed by atoms with E-state index in [0.29, 0.717) is 10.2 Å². The lowest BCUT2D eigenvalue weighted by Gasteiger charge is -2.14. The van der Waals surface area contributed by atoms with Crippen molar-refractivity contribution >= 4 is 43.6 Å². The third-order valence-corrected chi connectivity index (χ3v) is 5.88. The number of nitrogens with one attached hydrogen (secondary N) is 1. The third-order valence-electron chi connectivity index (χ3n) is 3.58. The molecule has 0 saturated heterocycles. The van der Waals surface area contributed by atoms with E-state index in [4.69, 9.17) is 4.74 Å². The van der Waals surface area contributed by atoms with Crippen molar-refractivity contribution in [3.63, 3.8) is 0 Å². The molecule has 0 aliphatic rings. The van der Waals surface area contributed by atoms with Crippen LogP contribution in [0.25, 0.3) is 6.08 Å². The number of benzene rings is 2. The molecule has 0 saturated carbocycles. The second-order valence-electron chi connectivity index (χ2n) is 5.64. The van der Waals surface area contributed by atoms with Crippen LogP contribution in [0.4, 0.5) is 10.1 Å². The Labute approximate surface area is 165 Å². The number of hydrogen-bond acceptors (Lipinski definition) is 4. The van der Waals surface area contributed by atoms with E-state index >= 15 is 0 Å². The number of rotatable bonds is 6. The minimum absolute atomic E-state index is 0.00520. The van der Waals surface area contributed by atoms with Crippen molar-refractivity contribution in [1.29, 1.82) is 0 Å². The summed E-state index contributed by atoms with van der Waals surface area (Å²) in [6.45, 7) is 0. The summed E-state index contributed by atoms with van der Waals surface area (Å²) in [6, 6.07) is 8.50. The molecular weight excluding hydrogens is 439 g/mol. The Bertz CT molecular complexity index is 991. The number of ether oxygens (including phenoxy) is 1. The van der Waals surface area contributed by atoms with Crippen LogP contribution in [0.15, 0.2) is 51.8 Å². The summed E-state index contributed by atoms with van der Waals surface area (Å²) in [5.41, 5.74) is 0.417. The Morgan fingerprint density at radius 3 is 2.56 bits per heavy atom. The first kappa shape index (κ1) is 21.1. The Hall–Kier alpha value is -2.23. The number of anilines is 1. The van der Waals surface area contributed by atoms with E-state index < -0.39 is 21.7 Å². The van der Waals surface area contributed by atoms with Crippen LogP contribution in [0.3, 0.4) is 0 Å². The van der Waals surface area contributed by atoms with E-state index in [9.17, 15) is 17.6 Å². The fourth-order valence-corrected chi connectivity index (χ4v) is 3.45. The topological polar surface area (TPSA) is 75.7 Å². The summed E-state index contributed by atoms with van der Waals surface area (Å²) in [4.78, 5) is 12.2. The highest BCUT2D eigenvalue weighted by Crippen LogP contribution is 2.28. The molecular formula is C18H18BrFN2O4S. The highest BCUT2D eigenvalue weighted by atomic mass is 79.9. The zero-order valence-corrected chi connectivity index (χ0v) is 17.3. The molecule has 0 fully saturated rings. The first-order valence-electron chi connectivity index (χ1n) is 7.70. The summed E-state index contributed by atoms with van der Waals surface area (Å²) in [5, 5.41) is 2.55. The SMILES string of the molecule is COc1ccc(S(=O)(=O)N(C)C)cc1NC(=O)/C=C/c1cc(Br)ccc1F. The van der Waals surface area contributed by atoms with E-state index in [0.717, 1.165) is 10.4 Å². The van der Waals surface area contributed by atoms with Crippen LogP contribution in [0, 0.1) is 5.82 Å². The normalized spacial score (nSPS) is 11.8. The maximum atomic E-state index is 13.7. The number of sulfonamides is 1. The Balaban J connectivity index is 2.28. The number of nitrogens with zero attached hydrogens (tertiary/aromatic N) is 1. The molecule has 0 aromatic heterocycles. The van der Waals surface area contributed by atoms with Gasteiger partial charge in [0.15, 0.2) is 0 Å². The molecule has 0 radical (unpaired) electrons. The monoisotopic (exact) mass is 456 g/mol. The summed E-state index contributed by atoms with van der Waals surface area (Å²) < 4.78 is 45.2. The zero-order valence-electron chi connectivity index (χ0n) is 14.9. The minimum atomic E-state index is -3.67. The Morgan fingerprint density at radius 2 is 1.93 bits per heavy atom. The number of amides is 1. The molecule has 1 amide bonds. The molecule has 2 aromatic rings. The van der Waals surface area contributed by atoms with Gasteiger partial charge >= 0.3 is 0 Å². The van der Waals surface area contributed by atoms with E-state index in [1.165, 1.54) is 57.6 Å². The highest BCUT2D eigenvalue weighted by molar-refractivity contribution is 9.10. The lowest BCUT2D eigenvalue weighted by Crippen LogP contribution is -2.22. The van der Waals surface area contributed by atoms with Gasteiger partial charge in [-0.2, -0.15) is 0 Å². The van der Waals surface area contributed by atoms with Crippen LogP contribution < -0.4 is 10.1 Å². The van der Waals surface area contributed by atoms with Gasteiger partial charge < -0.3 is 10.1 Å². The van der Waals surface area contributed by atoms with Crippen molar-refractivity contribution in [2.24, 2.45) is 0 Å². The van der Waals surface area contributed by atoms with Gasteiger partial charge in [0, 0.05) is 30.2 Å². The van der Waals surface area contributed by atoms with Crippen LogP contribution in [0.2, 0.25) is 0 Å². The van der Waals surface area contributed by atoms with Gasteiger partial charge in [-0.3, -0.25) is 4.79 Å². The fourth-order valence-electron chi connectivity index (χ4n) is 2.14. The van der Waals surface area contributed by atoms with Gasteiger partial charge in [0.05, 0.1) is 17.7 Å². The number of carbonyl (C=O) groups excluding carboxylic acids is 1. The minimum Gasteiger partial charge on any atom is -0.495 e. The van der Waals surface area contributed by atoms with E-state index in [1.807, 2.05) is 0 Å². The maximum Gasteiger partial charge on any atom is 0.248 e. The largest absolute Gasteiger partial charge is 0.495 e. The van der Waals surface area contributed by atoms with E-state index in [-0.39, 0.29) is 16.1 Å². The summed E-state index contributed by atoms with van der Waals surface area (Å²) >= 11 is 3.24. The first-order valence-corrected chi connectivity index (χ1v) is 9.93. The zero-order chi connectivity index (χ0) is 20.2. The van der Waals surface area contributed by atoms with Crippen molar-refractivity contribution in [2.75, 3.05) is 26.5 Å². The van der Waals surface area contributed by atoms with Gasteiger partial charge in [-0.15, -0.1) is 0 Å². The van der Waals surface area contributed by atoms with Crippen LogP contribution in [0.1, 0.15) is 5.56 Å². The molecule has 9 heteroatoms. The quantitative estimate of drug-likeness (QED) is 0.674. The Kier molecular flexibility index (Phi) is 6.74. The molecule has 0 atom stereocenters. The van der Waals surface area contributed by atoms with Gasteiger partial charge in [-0.05, 0) is 42.5 Å². The molecule has 2 rings (SSSR count). The van der Waals surface area contributed by atoms with E-state index in [2.05, 4.69) is 21.2 Å². The predicted octanol–water partition coefficient (Wildman–Crippen LogP) is 3.50. The molecule has 27 heavy (non-hydrogen) atoms. The number of carbonyl (C=O) groups is 1. The number of hydrogen-bond donors (Lipinski definition) is 1. The number of methoxy groups -OCH3 is 1. The van der Waals surface area contributed by atoms with E-state index in [1.54, 1.807) is 6.07 Å². The summed E-state index contributed by atoms with van der Waals surface area (Å²) in [5.74, 6) is -0.742. The highest BCUT2D eigenvalue weighted by Gasteiger charge is 2.19. The maximum absolute atomic E-state index is 13.7. The molecule has 0 heterocycles. The smallest absolute Gasteiger partial charge is 0.248 e. The van der Waals surface area contributed by atoms with Crippen molar-refractivity contribution in [3.05, 3.63) is 58.3 Å².